The van der Waals surface area contributed by atoms with Crippen molar-refractivity contribution in [3.63, 3.8) is 0 Å². The molecule has 1 aromatic heterocycles. The van der Waals surface area contributed by atoms with Crippen LogP contribution < -0.4 is 0 Å². The van der Waals surface area contributed by atoms with Gasteiger partial charge in [0.05, 0.1) is 5.52 Å². The predicted octanol–water partition coefficient (Wildman–Crippen LogP) is 2.45. The van der Waals surface area contributed by atoms with E-state index in [1.807, 2.05) is 29.2 Å². The predicted molar refractivity (Wildman–Crippen MR) is 81.2 cm³/mol. The second kappa shape index (κ2) is 6.26. The highest BCUT2D eigenvalue weighted by Crippen LogP contribution is 2.23. The largest absolute Gasteiger partial charge is 0.385 e. The fourth-order valence-corrected chi connectivity index (χ4v) is 2.99. The summed E-state index contributed by atoms with van der Waals surface area (Å²) in [4.78, 5) is 14.5. The molecule has 112 valence electrons. The molecular weight excluding hydrogens is 266 g/mol. The Morgan fingerprint density at radius 2 is 2.14 bits per heavy atom. The Morgan fingerprint density at radius 3 is 2.90 bits per heavy atom. The number of aromatic nitrogens is 2. The third-order valence-corrected chi connectivity index (χ3v) is 4.30. The minimum absolute atomic E-state index is 0.0395. The van der Waals surface area contributed by atoms with Gasteiger partial charge >= 0.3 is 0 Å². The number of hydrogen-bond acceptors (Lipinski definition) is 3. The molecule has 1 aliphatic heterocycles. The Kier molecular flexibility index (Phi) is 4.20. The fraction of sp³-hybridized carbons (Fsp3) is 0.500. The van der Waals surface area contributed by atoms with Crippen LogP contribution in [0, 0.1) is 5.92 Å². The van der Waals surface area contributed by atoms with Crippen molar-refractivity contribution >= 4 is 16.8 Å². The topological polar surface area (TPSA) is 58.2 Å². The number of H-pyrrole nitrogens is 1. The number of amides is 1. The van der Waals surface area contributed by atoms with Gasteiger partial charge in [-0.1, -0.05) is 18.2 Å². The van der Waals surface area contributed by atoms with Crippen LogP contribution in [-0.4, -0.2) is 47.8 Å². The molecule has 0 aliphatic carbocycles. The van der Waals surface area contributed by atoms with E-state index in [9.17, 15) is 4.79 Å². The van der Waals surface area contributed by atoms with Crippen molar-refractivity contribution in [2.75, 3.05) is 26.8 Å². The van der Waals surface area contributed by atoms with E-state index in [4.69, 9.17) is 4.74 Å². The summed E-state index contributed by atoms with van der Waals surface area (Å²) in [5.74, 6) is 0.711. The number of fused-ring (bicyclic) bond motifs is 1. The number of likely N-dealkylation sites (tertiary alicyclic amines) is 1. The standard InChI is InChI=1S/C16H21N3O2/c1-21-11-8-12-6-9-19(10-7-12)16(20)15-13-4-2-3-5-14(13)17-18-15/h2-5,12H,6-11H2,1H3,(H,17,18). The van der Waals surface area contributed by atoms with E-state index < -0.39 is 0 Å². The van der Waals surface area contributed by atoms with Gasteiger partial charge in [-0.05, 0) is 31.2 Å². The summed E-state index contributed by atoms with van der Waals surface area (Å²) >= 11 is 0. The van der Waals surface area contributed by atoms with Gasteiger partial charge in [0.15, 0.2) is 5.69 Å². The molecule has 2 heterocycles. The van der Waals surface area contributed by atoms with Crippen LogP contribution in [0.15, 0.2) is 24.3 Å². The third kappa shape index (κ3) is 2.93. The van der Waals surface area contributed by atoms with E-state index in [0.29, 0.717) is 11.6 Å². The van der Waals surface area contributed by atoms with Gasteiger partial charge in [0, 0.05) is 32.2 Å². The van der Waals surface area contributed by atoms with Gasteiger partial charge in [-0.2, -0.15) is 5.10 Å². The smallest absolute Gasteiger partial charge is 0.274 e. The summed E-state index contributed by atoms with van der Waals surface area (Å²) in [6, 6.07) is 7.76. The van der Waals surface area contributed by atoms with Gasteiger partial charge in [-0.25, -0.2) is 0 Å². The lowest BCUT2D eigenvalue weighted by atomic mass is 9.93. The molecular formula is C16H21N3O2. The van der Waals surface area contributed by atoms with Crippen LogP contribution in [0.1, 0.15) is 29.8 Å². The van der Waals surface area contributed by atoms with Crippen molar-refractivity contribution in [2.24, 2.45) is 5.92 Å². The zero-order valence-corrected chi connectivity index (χ0v) is 12.3. The number of hydrogen-bond donors (Lipinski definition) is 1. The van der Waals surface area contributed by atoms with Crippen molar-refractivity contribution in [1.82, 2.24) is 15.1 Å². The second-order valence-electron chi connectivity index (χ2n) is 5.63. The summed E-state index contributed by atoms with van der Waals surface area (Å²) in [5, 5.41) is 8.04. The minimum Gasteiger partial charge on any atom is -0.385 e. The Bertz CT molecular complexity index is 615. The van der Waals surface area contributed by atoms with E-state index >= 15 is 0 Å². The Hall–Kier alpha value is -1.88. The molecule has 21 heavy (non-hydrogen) atoms. The first-order valence-electron chi connectivity index (χ1n) is 7.51. The number of nitrogens with zero attached hydrogens (tertiary/aromatic N) is 2. The maximum Gasteiger partial charge on any atom is 0.274 e. The lowest BCUT2D eigenvalue weighted by Gasteiger charge is -2.31. The van der Waals surface area contributed by atoms with Gasteiger partial charge in [-0.3, -0.25) is 9.89 Å². The number of carbonyl (C=O) groups is 1. The van der Waals surface area contributed by atoms with E-state index in [1.165, 1.54) is 0 Å². The number of carbonyl (C=O) groups excluding carboxylic acids is 1. The average Bonchev–Trinajstić information content (AvgIpc) is 2.97. The molecule has 3 rings (SSSR count). The van der Waals surface area contributed by atoms with Crippen molar-refractivity contribution in [2.45, 2.75) is 19.3 Å². The number of rotatable bonds is 4. The SMILES string of the molecule is COCCC1CCN(C(=O)c2n[nH]c3ccccc23)CC1. The van der Waals surface area contributed by atoms with Crippen molar-refractivity contribution < 1.29 is 9.53 Å². The Labute approximate surface area is 124 Å². The zero-order valence-electron chi connectivity index (χ0n) is 12.3. The Balaban J connectivity index is 1.67. The summed E-state index contributed by atoms with van der Waals surface area (Å²) in [5.41, 5.74) is 1.46. The quantitative estimate of drug-likeness (QED) is 0.939. The van der Waals surface area contributed by atoms with E-state index in [1.54, 1.807) is 7.11 Å². The molecule has 0 unspecified atom stereocenters. The number of methoxy groups -OCH3 is 1. The van der Waals surface area contributed by atoms with E-state index in [-0.39, 0.29) is 5.91 Å². The van der Waals surface area contributed by atoms with Crippen LogP contribution in [0.3, 0.4) is 0 Å². The highest BCUT2D eigenvalue weighted by Gasteiger charge is 2.25. The molecule has 0 bridgehead atoms. The molecule has 1 saturated heterocycles. The van der Waals surface area contributed by atoms with Crippen LogP contribution in [0.4, 0.5) is 0 Å². The van der Waals surface area contributed by atoms with Gasteiger partial charge in [0.1, 0.15) is 0 Å². The lowest BCUT2D eigenvalue weighted by Crippen LogP contribution is -2.38. The number of ether oxygens (including phenoxy) is 1. The highest BCUT2D eigenvalue weighted by molar-refractivity contribution is 6.04. The maximum atomic E-state index is 12.6. The lowest BCUT2D eigenvalue weighted by molar-refractivity contribution is 0.0666. The molecule has 5 heteroatoms. The third-order valence-electron chi connectivity index (χ3n) is 4.30. The molecule has 1 aliphatic rings. The normalized spacial score (nSPS) is 16.5. The average molecular weight is 287 g/mol. The highest BCUT2D eigenvalue weighted by atomic mass is 16.5. The van der Waals surface area contributed by atoms with Gasteiger partial charge < -0.3 is 9.64 Å². The summed E-state index contributed by atoms with van der Waals surface area (Å²) in [6.07, 6.45) is 3.19. The first-order valence-corrected chi connectivity index (χ1v) is 7.51. The van der Waals surface area contributed by atoms with Crippen LogP contribution in [-0.2, 0) is 4.74 Å². The number of nitrogens with one attached hydrogen (secondary N) is 1. The molecule has 0 atom stereocenters. The first kappa shape index (κ1) is 14.1. The molecule has 0 saturated carbocycles. The van der Waals surface area contributed by atoms with Crippen LogP contribution in [0.25, 0.3) is 10.9 Å². The molecule has 0 radical (unpaired) electrons. The monoisotopic (exact) mass is 287 g/mol. The molecule has 5 nitrogen and oxygen atoms in total. The summed E-state index contributed by atoms with van der Waals surface area (Å²) in [6.45, 7) is 2.44. The zero-order chi connectivity index (χ0) is 14.7. The number of aromatic amines is 1. The van der Waals surface area contributed by atoms with Gasteiger partial charge in [-0.15, -0.1) is 0 Å². The van der Waals surface area contributed by atoms with Crippen molar-refractivity contribution in [3.05, 3.63) is 30.0 Å². The minimum atomic E-state index is 0.0395. The van der Waals surface area contributed by atoms with Crippen LogP contribution in [0.5, 0.6) is 0 Å². The molecule has 1 amide bonds. The number of benzene rings is 1. The summed E-state index contributed by atoms with van der Waals surface area (Å²) in [7, 11) is 1.74. The number of para-hydroxylation sites is 1. The molecule has 1 aromatic carbocycles. The second-order valence-corrected chi connectivity index (χ2v) is 5.63. The fourth-order valence-electron chi connectivity index (χ4n) is 2.99. The van der Waals surface area contributed by atoms with E-state index in [2.05, 4.69) is 10.2 Å². The van der Waals surface area contributed by atoms with Gasteiger partial charge in [0.25, 0.3) is 5.91 Å². The molecule has 1 N–H and O–H groups in total. The van der Waals surface area contributed by atoms with Crippen molar-refractivity contribution in [3.8, 4) is 0 Å². The van der Waals surface area contributed by atoms with Crippen LogP contribution in [0.2, 0.25) is 0 Å². The summed E-state index contributed by atoms with van der Waals surface area (Å²) < 4.78 is 5.13. The van der Waals surface area contributed by atoms with Gasteiger partial charge in [0.2, 0.25) is 0 Å². The maximum absolute atomic E-state index is 12.6. The van der Waals surface area contributed by atoms with Crippen molar-refractivity contribution in [1.29, 1.82) is 0 Å². The Morgan fingerprint density at radius 1 is 1.38 bits per heavy atom. The first-order chi connectivity index (χ1) is 10.3. The van der Waals surface area contributed by atoms with Crippen LogP contribution >= 0.6 is 0 Å². The molecule has 1 fully saturated rings. The number of piperidine rings is 1. The van der Waals surface area contributed by atoms with E-state index in [0.717, 1.165) is 49.9 Å². The molecule has 0 spiro atoms. The molecule has 2 aromatic rings.